The zero-order valence-corrected chi connectivity index (χ0v) is 14.0. The second-order valence-electron chi connectivity index (χ2n) is 5.91. The van der Waals surface area contributed by atoms with E-state index in [-0.39, 0.29) is 11.9 Å². The molecule has 0 aliphatic heterocycles. The zero-order valence-electron chi connectivity index (χ0n) is 14.0. The number of nitrogens with one attached hydrogen (secondary N) is 2. The van der Waals surface area contributed by atoms with E-state index in [0.717, 1.165) is 28.6 Å². The van der Waals surface area contributed by atoms with Gasteiger partial charge in [-0.1, -0.05) is 5.21 Å². The van der Waals surface area contributed by atoms with E-state index in [1.165, 1.54) is 0 Å². The Balaban J connectivity index is 1.62. The number of aromatic amines is 1. The molecule has 2 aromatic heterocycles. The smallest absolute Gasteiger partial charge is 0.273 e. The SMILES string of the molecule is COc1ccc2[nH]cc(CCNC(=O)c3cn(C(C)C)nn3)c2c1. The third kappa shape index (κ3) is 3.24. The van der Waals surface area contributed by atoms with Crippen molar-refractivity contribution in [2.45, 2.75) is 26.3 Å². The molecule has 3 rings (SSSR count). The number of methoxy groups -OCH3 is 1. The summed E-state index contributed by atoms with van der Waals surface area (Å²) in [6.07, 6.45) is 4.35. The molecular weight excluding hydrogens is 306 g/mol. The Morgan fingerprint density at radius 3 is 2.96 bits per heavy atom. The van der Waals surface area contributed by atoms with Crippen molar-refractivity contribution in [1.29, 1.82) is 0 Å². The fourth-order valence-corrected chi connectivity index (χ4v) is 2.53. The van der Waals surface area contributed by atoms with Crippen LogP contribution in [0.1, 0.15) is 35.9 Å². The highest BCUT2D eigenvalue weighted by Gasteiger charge is 2.12. The minimum Gasteiger partial charge on any atom is -0.497 e. The molecule has 7 nitrogen and oxygen atoms in total. The van der Waals surface area contributed by atoms with Gasteiger partial charge in [0.15, 0.2) is 5.69 Å². The predicted octanol–water partition coefficient (Wildman–Crippen LogP) is 2.32. The molecule has 126 valence electrons. The van der Waals surface area contributed by atoms with Crippen molar-refractivity contribution < 1.29 is 9.53 Å². The molecule has 0 aliphatic rings. The summed E-state index contributed by atoms with van der Waals surface area (Å²) in [4.78, 5) is 15.3. The number of rotatable bonds is 6. The van der Waals surface area contributed by atoms with Gasteiger partial charge in [0.25, 0.3) is 5.91 Å². The van der Waals surface area contributed by atoms with Gasteiger partial charge in [0.2, 0.25) is 0 Å². The van der Waals surface area contributed by atoms with Crippen LogP contribution in [0.25, 0.3) is 10.9 Å². The van der Waals surface area contributed by atoms with Crippen LogP contribution in [0, 0.1) is 0 Å². The third-order valence-electron chi connectivity index (χ3n) is 3.93. The summed E-state index contributed by atoms with van der Waals surface area (Å²) in [5.41, 5.74) is 2.52. The normalized spacial score (nSPS) is 11.2. The summed E-state index contributed by atoms with van der Waals surface area (Å²) in [5.74, 6) is 0.608. The van der Waals surface area contributed by atoms with E-state index in [0.29, 0.717) is 12.2 Å². The Labute approximate surface area is 140 Å². The van der Waals surface area contributed by atoms with E-state index < -0.39 is 0 Å². The standard InChI is InChI=1S/C17H21N5O2/c1-11(2)22-10-16(20-21-22)17(23)18-7-6-12-9-19-15-5-4-13(24-3)8-14(12)15/h4-5,8-11,19H,6-7H2,1-3H3,(H,18,23). The molecule has 24 heavy (non-hydrogen) atoms. The number of hydrogen-bond donors (Lipinski definition) is 2. The number of carbonyl (C=O) groups excluding carboxylic acids is 1. The van der Waals surface area contributed by atoms with Crippen molar-refractivity contribution in [3.05, 3.63) is 41.9 Å². The summed E-state index contributed by atoms with van der Waals surface area (Å²) in [6.45, 7) is 4.50. The van der Waals surface area contributed by atoms with Crippen LogP contribution in [0.3, 0.4) is 0 Å². The molecule has 0 radical (unpaired) electrons. The number of aromatic nitrogens is 4. The molecule has 0 aliphatic carbocycles. The monoisotopic (exact) mass is 327 g/mol. The number of carbonyl (C=O) groups is 1. The van der Waals surface area contributed by atoms with Gasteiger partial charge in [-0.25, -0.2) is 4.68 Å². The van der Waals surface area contributed by atoms with Crippen LogP contribution in [0.15, 0.2) is 30.6 Å². The van der Waals surface area contributed by atoms with Crippen molar-refractivity contribution in [3.63, 3.8) is 0 Å². The van der Waals surface area contributed by atoms with Crippen molar-refractivity contribution in [3.8, 4) is 5.75 Å². The third-order valence-corrected chi connectivity index (χ3v) is 3.93. The fraction of sp³-hybridized carbons (Fsp3) is 0.353. The van der Waals surface area contributed by atoms with Gasteiger partial charge >= 0.3 is 0 Å². The Morgan fingerprint density at radius 1 is 1.42 bits per heavy atom. The number of nitrogens with zero attached hydrogens (tertiary/aromatic N) is 3. The largest absolute Gasteiger partial charge is 0.497 e. The van der Waals surface area contributed by atoms with Gasteiger partial charge in [0.05, 0.1) is 13.3 Å². The lowest BCUT2D eigenvalue weighted by atomic mass is 10.1. The highest BCUT2D eigenvalue weighted by atomic mass is 16.5. The van der Waals surface area contributed by atoms with E-state index in [4.69, 9.17) is 4.74 Å². The first-order chi connectivity index (χ1) is 11.6. The first-order valence-electron chi connectivity index (χ1n) is 7.92. The Kier molecular flexibility index (Phi) is 4.50. The summed E-state index contributed by atoms with van der Waals surface area (Å²) < 4.78 is 6.94. The highest BCUT2D eigenvalue weighted by molar-refractivity contribution is 5.92. The van der Waals surface area contributed by atoms with Crippen LogP contribution < -0.4 is 10.1 Å². The van der Waals surface area contributed by atoms with Gasteiger partial charge < -0.3 is 15.0 Å². The van der Waals surface area contributed by atoms with E-state index in [2.05, 4.69) is 20.6 Å². The first-order valence-corrected chi connectivity index (χ1v) is 7.92. The van der Waals surface area contributed by atoms with Gasteiger partial charge in [-0.3, -0.25) is 4.79 Å². The van der Waals surface area contributed by atoms with Gasteiger partial charge in [-0.15, -0.1) is 5.10 Å². The van der Waals surface area contributed by atoms with Crippen LogP contribution in [0.4, 0.5) is 0 Å². The molecule has 0 saturated carbocycles. The quantitative estimate of drug-likeness (QED) is 0.727. The highest BCUT2D eigenvalue weighted by Crippen LogP contribution is 2.23. The number of fused-ring (bicyclic) bond motifs is 1. The number of benzene rings is 1. The summed E-state index contributed by atoms with van der Waals surface area (Å²) >= 11 is 0. The van der Waals surface area contributed by atoms with Crippen LogP contribution in [0.2, 0.25) is 0 Å². The first kappa shape index (κ1) is 16.0. The average molecular weight is 327 g/mol. The second kappa shape index (κ2) is 6.74. The molecular formula is C17H21N5O2. The maximum absolute atomic E-state index is 12.1. The Bertz CT molecular complexity index is 850. The number of hydrogen-bond acceptors (Lipinski definition) is 4. The van der Waals surface area contributed by atoms with Crippen LogP contribution in [-0.4, -0.2) is 39.5 Å². The Morgan fingerprint density at radius 2 is 2.25 bits per heavy atom. The summed E-state index contributed by atoms with van der Waals surface area (Å²) in [6, 6.07) is 6.08. The minimum atomic E-state index is -0.209. The molecule has 0 atom stereocenters. The maximum Gasteiger partial charge on any atom is 0.273 e. The minimum absolute atomic E-state index is 0.181. The lowest BCUT2D eigenvalue weighted by molar-refractivity contribution is 0.0949. The fourth-order valence-electron chi connectivity index (χ4n) is 2.53. The molecule has 2 heterocycles. The molecule has 1 amide bonds. The van der Waals surface area contributed by atoms with Crippen molar-refractivity contribution in [2.75, 3.05) is 13.7 Å². The molecule has 0 spiro atoms. The lowest BCUT2D eigenvalue weighted by Gasteiger charge is -2.04. The van der Waals surface area contributed by atoms with E-state index in [9.17, 15) is 4.79 Å². The van der Waals surface area contributed by atoms with Gasteiger partial charge in [0.1, 0.15) is 5.75 Å². The lowest BCUT2D eigenvalue weighted by Crippen LogP contribution is -2.26. The summed E-state index contributed by atoms with van der Waals surface area (Å²) in [5, 5.41) is 11.8. The number of H-pyrrole nitrogens is 1. The second-order valence-corrected chi connectivity index (χ2v) is 5.91. The van der Waals surface area contributed by atoms with Crippen LogP contribution in [-0.2, 0) is 6.42 Å². The van der Waals surface area contributed by atoms with E-state index >= 15 is 0 Å². The van der Waals surface area contributed by atoms with Gasteiger partial charge in [-0.05, 0) is 44.0 Å². The molecule has 0 unspecified atom stereocenters. The molecule has 1 aromatic carbocycles. The van der Waals surface area contributed by atoms with E-state index in [1.807, 2.05) is 38.2 Å². The predicted molar refractivity (Wildman–Crippen MR) is 91.3 cm³/mol. The topological polar surface area (TPSA) is 84.8 Å². The number of ether oxygens (including phenoxy) is 1. The van der Waals surface area contributed by atoms with Crippen LogP contribution >= 0.6 is 0 Å². The molecule has 0 saturated heterocycles. The zero-order chi connectivity index (χ0) is 17.1. The molecule has 0 fully saturated rings. The molecule has 7 heteroatoms. The average Bonchev–Trinajstić information content (AvgIpc) is 3.21. The molecule has 3 aromatic rings. The van der Waals surface area contributed by atoms with Gasteiger partial charge in [-0.2, -0.15) is 0 Å². The summed E-state index contributed by atoms with van der Waals surface area (Å²) in [7, 11) is 1.65. The van der Waals surface area contributed by atoms with Crippen molar-refractivity contribution in [1.82, 2.24) is 25.3 Å². The van der Waals surface area contributed by atoms with Gasteiger partial charge in [0, 0.05) is 29.7 Å². The number of amides is 1. The van der Waals surface area contributed by atoms with Crippen molar-refractivity contribution >= 4 is 16.8 Å². The maximum atomic E-state index is 12.1. The van der Waals surface area contributed by atoms with Crippen LogP contribution in [0.5, 0.6) is 5.75 Å². The van der Waals surface area contributed by atoms with Crippen molar-refractivity contribution in [2.24, 2.45) is 0 Å². The molecule has 0 bridgehead atoms. The molecule has 2 N–H and O–H groups in total. The van der Waals surface area contributed by atoms with E-state index in [1.54, 1.807) is 18.0 Å². The Hall–Kier alpha value is -2.83.